The molecule has 20 heavy (non-hydrogen) atoms. The van der Waals surface area contributed by atoms with E-state index in [2.05, 4.69) is 10.0 Å². The van der Waals surface area contributed by atoms with Crippen LogP contribution in [0.4, 0.5) is 4.39 Å². The molecule has 0 aliphatic rings. The van der Waals surface area contributed by atoms with Crippen LogP contribution in [0.1, 0.15) is 26.3 Å². The Labute approximate surface area is 120 Å². The Morgan fingerprint density at radius 1 is 1.25 bits per heavy atom. The molecular weight excluding hydrogens is 279 g/mol. The molecule has 2 N–H and O–H groups in total. The summed E-state index contributed by atoms with van der Waals surface area (Å²) in [4.78, 5) is 0.0973. The second-order valence-electron chi connectivity index (χ2n) is 5.36. The topological polar surface area (TPSA) is 58.2 Å². The zero-order valence-electron chi connectivity index (χ0n) is 12.4. The highest BCUT2D eigenvalue weighted by molar-refractivity contribution is 7.89. The maximum Gasteiger partial charge on any atom is 0.240 e. The fourth-order valence-corrected chi connectivity index (χ4v) is 2.80. The maximum absolute atomic E-state index is 13.5. The van der Waals surface area contributed by atoms with Gasteiger partial charge in [-0.1, -0.05) is 20.8 Å². The van der Waals surface area contributed by atoms with Gasteiger partial charge in [0.1, 0.15) is 5.82 Å². The van der Waals surface area contributed by atoms with Gasteiger partial charge in [-0.05, 0) is 37.1 Å². The minimum Gasteiger partial charge on any atom is -0.316 e. The third-order valence-electron chi connectivity index (χ3n) is 3.43. The highest BCUT2D eigenvalue weighted by atomic mass is 32.2. The zero-order valence-corrected chi connectivity index (χ0v) is 13.2. The summed E-state index contributed by atoms with van der Waals surface area (Å²) in [5.41, 5.74) is 0.340. The monoisotopic (exact) mass is 302 g/mol. The molecule has 0 saturated carbocycles. The van der Waals surface area contributed by atoms with Crippen molar-refractivity contribution >= 4 is 10.0 Å². The van der Waals surface area contributed by atoms with E-state index in [4.69, 9.17) is 0 Å². The Kier molecular flexibility index (Phi) is 6.10. The standard InChI is InChI=1S/C14H23FN2O2S/c1-10(2)11(3)8-17-20(18,19)13-5-6-14(15)12(7-13)9-16-4/h5-7,10-11,16-17H,8-9H2,1-4H3. The van der Waals surface area contributed by atoms with E-state index in [0.717, 1.165) is 0 Å². The highest BCUT2D eigenvalue weighted by Crippen LogP contribution is 2.16. The van der Waals surface area contributed by atoms with Crippen molar-refractivity contribution in [3.63, 3.8) is 0 Å². The number of benzene rings is 1. The Morgan fingerprint density at radius 2 is 1.90 bits per heavy atom. The van der Waals surface area contributed by atoms with E-state index in [-0.39, 0.29) is 17.4 Å². The van der Waals surface area contributed by atoms with E-state index in [9.17, 15) is 12.8 Å². The van der Waals surface area contributed by atoms with Crippen LogP contribution in [0.25, 0.3) is 0 Å². The summed E-state index contributed by atoms with van der Waals surface area (Å²) in [5.74, 6) is 0.224. The highest BCUT2D eigenvalue weighted by Gasteiger charge is 2.18. The number of rotatable bonds is 7. The molecule has 0 amide bonds. The first-order chi connectivity index (χ1) is 9.27. The van der Waals surface area contributed by atoms with Gasteiger partial charge in [-0.2, -0.15) is 0 Å². The van der Waals surface area contributed by atoms with Crippen molar-refractivity contribution in [2.75, 3.05) is 13.6 Å². The van der Waals surface area contributed by atoms with Gasteiger partial charge >= 0.3 is 0 Å². The number of nitrogens with one attached hydrogen (secondary N) is 2. The fourth-order valence-electron chi connectivity index (χ4n) is 1.60. The maximum atomic E-state index is 13.5. The lowest BCUT2D eigenvalue weighted by Crippen LogP contribution is -2.30. The minimum atomic E-state index is -3.59. The molecule has 1 atom stereocenters. The number of hydrogen-bond acceptors (Lipinski definition) is 3. The van der Waals surface area contributed by atoms with Crippen molar-refractivity contribution < 1.29 is 12.8 Å². The van der Waals surface area contributed by atoms with E-state index < -0.39 is 15.8 Å². The van der Waals surface area contributed by atoms with Gasteiger partial charge in [0.05, 0.1) is 4.90 Å². The van der Waals surface area contributed by atoms with Crippen LogP contribution in [0, 0.1) is 17.7 Å². The molecule has 6 heteroatoms. The number of sulfonamides is 1. The SMILES string of the molecule is CNCc1cc(S(=O)(=O)NCC(C)C(C)C)ccc1F. The third-order valence-corrected chi connectivity index (χ3v) is 4.85. The largest absolute Gasteiger partial charge is 0.316 e. The Bertz CT molecular complexity index is 544. The molecule has 0 spiro atoms. The van der Waals surface area contributed by atoms with Crippen LogP contribution in [0.15, 0.2) is 23.1 Å². The molecule has 0 bridgehead atoms. The number of hydrogen-bond donors (Lipinski definition) is 2. The molecule has 1 unspecified atom stereocenters. The van der Waals surface area contributed by atoms with Crippen molar-refractivity contribution in [2.24, 2.45) is 11.8 Å². The van der Waals surface area contributed by atoms with Crippen molar-refractivity contribution in [3.8, 4) is 0 Å². The third kappa shape index (κ3) is 4.54. The van der Waals surface area contributed by atoms with E-state index in [1.54, 1.807) is 7.05 Å². The second-order valence-corrected chi connectivity index (χ2v) is 7.12. The van der Waals surface area contributed by atoms with Crippen LogP contribution >= 0.6 is 0 Å². The van der Waals surface area contributed by atoms with Crippen LogP contribution in [-0.4, -0.2) is 22.0 Å². The molecule has 0 radical (unpaired) electrons. The van der Waals surface area contributed by atoms with Crippen LogP contribution < -0.4 is 10.0 Å². The average molecular weight is 302 g/mol. The summed E-state index contributed by atoms with van der Waals surface area (Å²) in [6, 6.07) is 3.85. The van der Waals surface area contributed by atoms with Gasteiger partial charge in [0.2, 0.25) is 10.0 Å². The summed E-state index contributed by atoms with van der Waals surface area (Å²) >= 11 is 0. The smallest absolute Gasteiger partial charge is 0.240 e. The molecule has 1 aromatic carbocycles. The lowest BCUT2D eigenvalue weighted by atomic mass is 9.99. The van der Waals surface area contributed by atoms with E-state index in [1.165, 1.54) is 18.2 Å². The molecule has 0 aliphatic carbocycles. The van der Waals surface area contributed by atoms with Crippen molar-refractivity contribution in [1.82, 2.24) is 10.0 Å². The normalized spacial score (nSPS) is 13.7. The zero-order chi connectivity index (χ0) is 15.3. The summed E-state index contributed by atoms with van der Waals surface area (Å²) in [6.45, 7) is 6.74. The van der Waals surface area contributed by atoms with Crippen molar-refractivity contribution in [3.05, 3.63) is 29.6 Å². The molecule has 0 heterocycles. The molecule has 0 saturated heterocycles. The first-order valence-corrected chi connectivity index (χ1v) is 8.19. The van der Waals surface area contributed by atoms with Crippen LogP contribution in [0.3, 0.4) is 0 Å². The Morgan fingerprint density at radius 3 is 2.45 bits per heavy atom. The van der Waals surface area contributed by atoms with E-state index >= 15 is 0 Å². The fraction of sp³-hybridized carbons (Fsp3) is 0.571. The Hall–Kier alpha value is -0.980. The summed E-state index contributed by atoms with van der Waals surface area (Å²) in [6.07, 6.45) is 0. The predicted molar refractivity (Wildman–Crippen MR) is 78.4 cm³/mol. The van der Waals surface area contributed by atoms with Gasteiger partial charge < -0.3 is 5.32 Å². The molecule has 0 aromatic heterocycles. The molecular formula is C14H23FN2O2S. The van der Waals surface area contributed by atoms with Crippen molar-refractivity contribution in [2.45, 2.75) is 32.2 Å². The second kappa shape index (κ2) is 7.15. The lowest BCUT2D eigenvalue weighted by Gasteiger charge is -2.16. The van der Waals surface area contributed by atoms with Crippen LogP contribution in [0.5, 0.6) is 0 Å². The van der Waals surface area contributed by atoms with Crippen LogP contribution in [-0.2, 0) is 16.6 Å². The predicted octanol–water partition coefficient (Wildman–Crippen LogP) is 2.12. The average Bonchev–Trinajstić information content (AvgIpc) is 2.38. The van der Waals surface area contributed by atoms with Gasteiger partial charge in [0, 0.05) is 18.7 Å². The van der Waals surface area contributed by atoms with Gasteiger partial charge in [-0.3, -0.25) is 0 Å². The minimum absolute atomic E-state index is 0.0973. The molecule has 4 nitrogen and oxygen atoms in total. The lowest BCUT2D eigenvalue weighted by molar-refractivity contribution is 0.414. The quantitative estimate of drug-likeness (QED) is 0.811. The van der Waals surface area contributed by atoms with Gasteiger partial charge in [0.15, 0.2) is 0 Å². The first-order valence-electron chi connectivity index (χ1n) is 6.70. The molecule has 1 aromatic rings. The molecule has 114 valence electrons. The molecule has 1 rings (SSSR count). The Balaban J connectivity index is 2.90. The molecule has 0 fully saturated rings. The first kappa shape index (κ1) is 17.1. The summed E-state index contributed by atoms with van der Waals surface area (Å²) < 4.78 is 40.4. The summed E-state index contributed by atoms with van der Waals surface area (Å²) in [7, 11) is -1.91. The van der Waals surface area contributed by atoms with Crippen molar-refractivity contribution in [1.29, 1.82) is 0 Å². The molecule has 0 aliphatic heterocycles. The van der Waals surface area contributed by atoms with Gasteiger partial charge in [-0.15, -0.1) is 0 Å². The number of halogens is 1. The van der Waals surface area contributed by atoms with E-state index in [1.807, 2.05) is 20.8 Å². The van der Waals surface area contributed by atoms with Crippen LogP contribution in [0.2, 0.25) is 0 Å². The summed E-state index contributed by atoms with van der Waals surface area (Å²) in [5, 5.41) is 2.81. The van der Waals surface area contributed by atoms with Gasteiger partial charge in [-0.25, -0.2) is 17.5 Å². The van der Waals surface area contributed by atoms with Gasteiger partial charge in [0.25, 0.3) is 0 Å². The van der Waals surface area contributed by atoms with E-state index in [0.29, 0.717) is 18.0 Å².